The van der Waals surface area contributed by atoms with E-state index in [2.05, 4.69) is 37.1 Å². The molecule has 1 saturated heterocycles. The summed E-state index contributed by atoms with van der Waals surface area (Å²) >= 11 is 12.6. The minimum atomic E-state index is 0.00990. The fraction of sp³-hybridized carbons (Fsp3) is 0.375. The van der Waals surface area contributed by atoms with Gasteiger partial charge in [-0.25, -0.2) is 0 Å². The predicted molar refractivity (Wildman–Crippen MR) is 127 cm³/mol. The Hall–Kier alpha value is -2.41. The van der Waals surface area contributed by atoms with Crippen LogP contribution in [0.5, 0.6) is 0 Å². The van der Waals surface area contributed by atoms with Gasteiger partial charge in [0.1, 0.15) is 11.6 Å². The highest BCUT2D eigenvalue weighted by molar-refractivity contribution is 6.35. The number of fused-ring (bicyclic) bond motifs is 3. The molecule has 1 aromatic heterocycles. The Kier molecular flexibility index (Phi) is 5.93. The summed E-state index contributed by atoms with van der Waals surface area (Å²) < 4.78 is 2.10. The van der Waals surface area contributed by atoms with Crippen LogP contribution < -0.4 is 5.32 Å². The first kappa shape index (κ1) is 21.4. The van der Waals surface area contributed by atoms with Crippen LogP contribution in [0, 0.1) is 12.8 Å². The standard InChI is InChI=1S/C24H25Cl2N5O/c1-15-28-29-23-8-5-17-13-18(6-7-22(17)31(15)23)27-24(32)16-9-11-30(12-10-16)14-19-20(25)3-2-4-21(19)26/h2-4,6-7,13,16H,5,8-12,14H2,1H3,(H,27,32). The molecule has 1 amide bonds. The van der Waals surface area contributed by atoms with Gasteiger partial charge in [0.15, 0.2) is 0 Å². The number of nitrogens with one attached hydrogen (secondary N) is 1. The minimum Gasteiger partial charge on any atom is -0.326 e. The summed E-state index contributed by atoms with van der Waals surface area (Å²) in [6.45, 7) is 4.37. The SMILES string of the molecule is Cc1nnc2n1-c1ccc(NC(=O)C3CCN(Cc4c(Cl)cccc4Cl)CC3)cc1CC2. The van der Waals surface area contributed by atoms with Crippen molar-refractivity contribution in [3.05, 3.63) is 69.2 Å². The van der Waals surface area contributed by atoms with E-state index in [1.165, 1.54) is 5.56 Å². The van der Waals surface area contributed by atoms with Crippen molar-refractivity contribution >= 4 is 34.8 Å². The zero-order valence-electron chi connectivity index (χ0n) is 17.9. The normalized spacial score (nSPS) is 16.5. The third-order valence-corrected chi connectivity index (χ3v) is 7.21. The molecular weight excluding hydrogens is 445 g/mol. The molecule has 0 spiro atoms. The molecule has 32 heavy (non-hydrogen) atoms. The first-order valence-electron chi connectivity index (χ1n) is 11.0. The van der Waals surface area contributed by atoms with Gasteiger partial charge in [0.2, 0.25) is 5.91 Å². The van der Waals surface area contributed by atoms with Crippen LogP contribution in [0.4, 0.5) is 5.69 Å². The van der Waals surface area contributed by atoms with Gasteiger partial charge in [-0.1, -0.05) is 29.3 Å². The number of piperidine rings is 1. The highest BCUT2D eigenvalue weighted by Crippen LogP contribution is 2.30. The Morgan fingerprint density at radius 3 is 2.59 bits per heavy atom. The molecule has 0 aliphatic carbocycles. The number of rotatable bonds is 4. The summed E-state index contributed by atoms with van der Waals surface area (Å²) in [7, 11) is 0. The van der Waals surface area contributed by atoms with Gasteiger partial charge in [0, 0.05) is 40.2 Å². The van der Waals surface area contributed by atoms with Crippen molar-refractivity contribution < 1.29 is 4.79 Å². The molecule has 8 heteroatoms. The van der Waals surface area contributed by atoms with E-state index in [1.807, 2.05) is 31.2 Å². The molecule has 1 fully saturated rings. The van der Waals surface area contributed by atoms with Gasteiger partial charge in [0.05, 0.1) is 5.69 Å². The smallest absolute Gasteiger partial charge is 0.227 e. The fourth-order valence-corrected chi connectivity index (χ4v) is 5.23. The van der Waals surface area contributed by atoms with Crippen LogP contribution >= 0.6 is 23.2 Å². The van der Waals surface area contributed by atoms with Crippen molar-refractivity contribution in [2.45, 2.75) is 39.2 Å². The topological polar surface area (TPSA) is 63.1 Å². The lowest BCUT2D eigenvalue weighted by Crippen LogP contribution is -2.37. The van der Waals surface area contributed by atoms with E-state index in [1.54, 1.807) is 0 Å². The van der Waals surface area contributed by atoms with E-state index < -0.39 is 0 Å². The summed E-state index contributed by atoms with van der Waals surface area (Å²) in [5.41, 5.74) is 4.13. The van der Waals surface area contributed by atoms with Gasteiger partial charge < -0.3 is 5.32 Å². The molecule has 0 bridgehead atoms. The average Bonchev–Trinajstić information content (AvgIpc) is 3.18. The highest BCUT2D eigenvalue weighted by Gasteiger charge is 2.26. The lowest BCUT2D eigenvalue weighted by atomic mass is 9.95. The third-order valence-electron chi connectivity index (χ3n) is 6.50. The molecule has 2 aliphatic heterocycles. The first-order valence-corrected chi connectivity index (χ1v) is 11.8. The van der Waals surface area contributed by atoms with Gasteiger partial charge >= 0.3 is 0 Å². The molecule has 0 saturated carbocycles. The lowest BCUT2D eigenvalue weighted by Gasteiger charge is -2.31. The maximum Gasteiger partial charge on any atom is 0.227 e. The van der Waals surface area contributed by atoms with E-state index in [9.17, 15) is 4.79 Å². The van der Waals surface area contributed by atoms with Crippen LogP contribution in [0.1, 0.15) is 35.6 Å². The monoisotopic (exact) mass is 469 g/mol. The summed E-state index contributed by atoms with van der Waals surface area (Å²) in [4.78, 5) is 15.2. The van der Waals surface area contributed by atoms with E-state index >= 15 is 0 Å². The zero-order valence-corrected chi connectivity index (χ0v) is 19.5. The molecular formula is C24H25Cl2N5O. The molecule has 5 rings (SSSR count). The molecule has 166 valence electrons. The first-order chi connectivity index (χ1) is 15.5. The van der Waals surface area contributed by atoms with E-state index in [0.29, 0.717) is 16.6 Å². The number of anilines is 1. The summed E-state index contributed by atoms with van der Waals surface area (Å²) in [5.74, 6) is 1.99. The second kappa shape index (κ2) is 8.85. The predicted octanol–water partition coefficient (Wildman–Crippen LogP) is 4.83. The van der Waals surface area contributed by atoms with Crippen LogP contribution in [-0.4, -0.2) is 38.7 Å². The van der Waals surface area contributed by atoms with E-state index in [0.717, 1.165) is 67.4 Å². The molecule has 0 atom stereocenters. The number of halogens is 2. The van der Waals surface area contributed by atoms with E-state index in [-0.39, 0.29) is 11.8 Å². The average molecular weight is 470 g/mol. The number of benzene rings is 2. The Balaban J connectivity index is 1.20. The maximum absolute atomic E-state index is 12.9. The van der Waals surface area contributed by atoms with Gasteiger partial charge in [-0.2, -0.15) is 0 Å². The molecule has 0 unspecified atom stereocenters. The zero-order chi connectivity index (χ0) is 22.2. The number of aryl methyl sites for hydroxylation is 3. The van der Waals surface area contributed by atoms with Crippen LogP contribution in [0.2, 0.25) is 10.0 Å². The Labute approximate surface area is 197 Å². The number of hydrogen-bond acceptors (Lipinski definition) is 4. The Bertz CT molecular complexity index is 1150. The van der Waals surface area contributed by atoms with E-state index in [4.69, 9.17) is 23.2 Å². The lowest BCUT2D eigenvalue weighted by molar-refractivity contribution is -0.121. The molecule has 2 aromatic carbocycles. The quantitative estimate of drug-likeness (QED) is 0.593. The fourth-order valence-electron chi connectivity index (χ4n) is 4.71. The molecule has 6 nitrogen and oxygen atoms in total. The minimum absolute atomic E-state index is 0.00990. The van der Waals surface area contributed by atoms with Gasteiger partial charge in [-0.3, -0.25) is 14.3 Å². The number of hydrogen-bond donors (Lipinski definition) is 1. The van der Waals surface area contributed by atoms with Gasteiger partial charge in [0.25, 0.3) is 0 Å². The number of aromatic nitrogens is 3. The molecule has 3 heterocycles. The van der Waals surface area contributed by atoms with Crippen molar-refractivity contribution in [3.63, 3.8) is 0 Å². The molecule has 1 N–H and O–H groups in total. The summed E-state index contributed by atoms with van der Waals surface area (Å²) in [6, 6.07) is 11.7. The van der Waals surface area contributed by atoms with Gasteiger partial charge in [-0.05, 0) is 75.2 Å². The number of carbonyl (C=O) groups excluding carboxylic acids is 1. The van der Waals surface area contributed by atoms with Gasteiger partial charge in [-0.15, -0.1) is 10.2 Å². The van der Waals surface area contributed by atoms with Crippen molar-refractivity contribution in [3.8, 4) is 5.69 Å². The van der Waals surface area contributed by atoms with Crippen molar-refractivity contribution in [2.75, 3.05) is 18.4 Å². The number of amides is 1. The summed E-state index contributed by atoms with van der Waals surface area (Å²) in [6.07, 6.45) is 3.41. The molecule has 2 aliphatic rings. The second-order valence-electron chi connectivity index (χ2n) is 8.58. The third kappa shape index (κ3) is 4.15. The van der Waals surface area contributed by atoms with Crippen molar-refractivity contribution in [2.24, 2.45) is 5.92 Å². The second-order valence-corrected chi connectivity index (χ2v) is 9.40. The largest absolute Gasteiger partial charge is 0.326 e. The molecule has 0 radical (unpaired) electrons. The van der Waals surface area contributed by atoms with Crippen molar-refractivity contribution in [1.82, 2.24) is 19.7 Å². The number of likely N-dealkylation sites (tertiary alicyclic amines) is 1. The summed E-state index contributed by atoms with van der Waals surface area (Å²) in [5, 5.41) is 13.0. The highest BCUT2D eigenvalue weighted by atomic mass is 35.5. The van der Waals surface area contributed by atoms with Crippen LogP contribution in [0.25, 0.3) is 5.69 Å². The Morgan fingerprint density at radius 1 is 1.09 bits per heavy atom. The Morgan fingerprint density at radius 2 is 1.84 bits per heavy atom. The maximum atomic E-state index is 12.9. The van der Waals surface area contributed by atoms with Crippen molar-refractivity contribution in [1.29, 1.82) is 0 Å². The van der Waals surface area contributed by atoms with Crippen LogP contribution in [0.15, 0.2) is 36.4 Å². The number of carbonyl (C=O) groups is 1. The number of nitrogens with zero attached hydrogens (tertiary/aromatic N) is 4. The van der Waals surface area contributed by atoms with Crippen LogP contribution in [0.3, 0.4) is 0 Å². The van der Waals surface area contributed by atoms with Crippen LogP contribution in [-0.2, 0) is 24.2 Å². The molecule has 3 aromatic rings.